The molecule has 3 N–H and O–H groups in total. The molecule has 1 aliphatic rings. The molecule has 1 aromatic carbocycles. The molecule has 0 bridgehead atoms. The number of aliphatic hydroxyl groups excluding tert-OH is 1. The van der Waals surface area contributed by atoms with Gasteiger partial charge in [0, 0.05) is 0 Å². The Morgan fingerprint density at radius 2 is 2.00 bits per heavy atom. The minimum atomic E-state index is -1.40. The molecule has 1 saturated heterocycles. The van der Waals surface area contributed by atoms with E-state index in [0.717, 1.165) is 0 Å². The SMILES string of the molecule is COC(=O)[C@@H]1NC(=O)[C@@H]1NC(=O)C(O)c1ccccc1. The van der Waals surface area contributed by atoms with Gasteiger partial charge >= 0.3 is 5.97 Å². The van der Waals surface area contributed by atoms with Crippen molar-refractivity contribution < 1.29 is 24.2 Å². The Kier molecular flexibility index (Phi) is 3.99. The van der Waals surface area contributed by atoms with E-state index < -0.39 is 36.0 Å². The van der Waals surface area contributed by atoms with E-state index in [-0.39, 0.29) is 0 Å². The molecule has 106 valence electrons. The monoisotopic (exact) mass is 278 g/mol. The number of nitrogens with one attached hydrogen (secondary N) is 2. The molecular formula is C13H14N2O5. The van der Waals surface area contributed by atoms with Gasteiger partial charge < -0.3 is 20.5 Å². The first-order valence-electron chi connectivity index (χ1n) is 5.96. The molecule has 7 nitrogen and oxygen atoms in total. The Morgan fingerprint density at radius 1 is 1.35 bits per heavy atom. The number of ether oxygens (including phenoxy) is 1. The number of esters is 1. The average Bonchev–Trinajstić information content (AvgIpc) is 2.49. The zero-order valence-electron chi connectivity index (χ0n) is 10.7. The van der Waals surface area contributed by atoms with E-state index in [1.165, 1.54) is 7.11 Å². The minimum Gasteiger partial charge on any atom is -0.467 e. The summed E-state index contributed by atoms with van der Waals surface area (Å²) in [6.45, 7) is 0. The molecular weight excluding hydrogens is 264 g/mol. The summed E-state index contributed by atoms with van der Waals surface area (Å²) in [6.07, 6.45) is -1.40. The van der Waals surface area contributed by atoms with Crippen LogP contribution in [0.1, 0.15) is 11.7 Å². The molecule has 0 spiro atoms. The van der Waals surface area contributed by atoms with Gasteiger partial charge in [-0.05, 0) is 5.56 Å². The van der Waals surface area contributed by atoms with Crippen LogP contribution in [0.15, 0.2) is 30.3 Å². The van der Waals surface area contributed by atoms with Crippen molar-refractivity contribution in [2.75, 3.05) is 7.11 Å². The molecule has 0 saturated carbocycles. The van der Waals surface area contributed by atoms with Crippen LogP contribution >= 0.6 is 0 Å². The van der Waals surface area contributed by atoms with Crippen LogP contribution in [0.25, 0.3) is 0 Å². The normalized spacial score (nSPS) is 22.2. The van der Waals surface area contributed by atoms with E-state index in [9.17, 15) is 19.5 Å². The van der Waals surface area contributed by atoms with Crippen LogP contribution in [-0.2, 0) is 19.1 Å². The Morgan fingerprint density at radius 3 is 2.55 bits per heavy atom. The number of amides is 2. The first-order chi connectivity index (χ1) is 9.54. The fourth-order valence-corrected chi connectivity index (χ4v) is 1.87. The molecule has 1 heterocycles. The maximum Gasteiger partial charge on any atom is 0.331 e. The molecule has 1 unspecified atom stereocenters. The number of hydrogen-bond donors (Lipinski definition) is 3. The Labute approximate surface area is 114 Å². The zero-order valence-corrected chi connectivity index (χ0v) is 10.7. The molecule has 1 aliphatic heterocycles. The fraction of sp³-hybridized carbons (Fsp3) is 0.308. The number of aliphatic hydroxyl groups is 1. The number of benzene rings is 1. The van der Waals surface area contributed by atoms with Crippen molar-refractivity contribution in [1.82, 2.24) is 10.6 Å². The number of hydrogen-bond acceptors (Lipinski definition) is 5. The third-order valence-corrected chi connectivity index (χ3v) is 3.03. The van der Waals surface area contributed by atoms with Crippen molar-refractivity contribution in [1.29, 1.82) is 0 Å². The van der Waals surface area contributed by atoms with Crippen LogP contribution < -0.4 is 10.6 Å². The number of β-lactam (4-membered cyclic amide) rings is 1. The average molecular weight is 278 g/mol. The predicted molar refractivity (Wildman–Crippen MR) is 67.3 cm³/mol. The summed E-state index contributed by atoms with van der Waals surface area (Å²) in [4.78, 5) is 34.5. The van der Waals surface area contributed by atoms with Crippen LogP contribution in [0.2, 0.25) is 0 Å². The maximum absolute atomic E-state index is 11.9. The lowest BCUT2D eigenvalue weighted by atomic mass is 9.98. The number of carbonyl (C=O) groups excluding carboxylic acids is 3. The van der Waals surface area contributed by atoms with Gasteiger partial charge in [-0.25, -0.2) is 4.79 Å². The van der Waals surface area contributed by atoms with Crippen LogP contribution in [0, 0.1) is 0 Å². The van der Waals surface area contributed by atoms with Crippen LogP contribution in [0.4, 0.5) is 0 Å². The van der Waals surface area contributed by atoms with E-state index in [4.69, 9.17) is 0 Å². The second-order valence-corrected chi connectivity index (χ2v) is 4.31. The number of carbonyl (C=O) groups is 3. The van der Waals surface area contributed by atoms with E-state index in [1.54, 1.807) is 30.3 Å². The largest absolute Gasteiger partial charge is 0.467 e. The second kappa shape index (κ2) is 5.70. The summed E-state index contributed by atoms with van der Waals surface area (Å²) in [6, 6.07) is 6.35. The molecule has 1 fully saturated rings. The van der Waals surface area contributed by atoms with Crippen molar-refractivity contribution in [2.24, 2.45) is 0 Å². The Balaban J connectivity index is 2.01. The van der Waals surface area contributed by atoms with E-state index in [2.05, 4.69) is 15.4 Å². The zero-order chi connectivity index (χ0) is 14.7. The molecule has 2 amide bonds. The lowest BCUT2D eigenvalue weighted by Gasteiger charge is -2.35. The highest BCUT2D eigenvalue weighted by atomic mass is 16.5. The van der Waals surface area contributed by atoms with Gasteiger partial charge in [-0.1, -0.05) is 30.3 Å². The predicted octanol–water partition coefficient (Wildman–Crippen LogP) is -1.12. The van der Waals surface area contributed by atoms with E-state index >= 15 is 0 Å². The highest BCUT2D eigenvalue weighted by molar-refractivity contribution is 6.02. The van der Waals surface area contributed by atoms with Gasteiger partial charge in [0.15, 0.2) is 12.1 Å². The highest BCUT2D eigenvalue weighted by Crippen LogP contribution is 2.14. The van der Waals surface area contributed by atoms with Crippen molar-refractivity contribution in [3.8, 4) is 0 Å². The van der Waals surface area contributed by atoms with Gasteiger partial charge in [-0.3, -0.25) is 9.59 Å². The third-order valence-electron chi connectivity index (χ3n) is 3.03. The van der Waals surface area contributed by atoms with Crippen LogP contribution in [-0.4, -0.2) is 42.1 Å². The standard InChI is InChI=1S/C13H14N2O5/c1-20-13(19)9-8(11(17)15-9)14-12(18)10(16)7-5-3-2-4-6-7/h2-6,8-10,16H,1H3,(H,14,18)(H,15,17)/t8-,9-,10?/m1/s1. The van der Waals surface area contributed by atoms with Crippen molar-refractivity contribution in [3.63, 3.8) is 0 Å². The summed E-state index contributed by atoms with van der Waals surface area (Å²) >= 11 is 0. The Bertz CT molecular complexity index is 531. The maximum atomic E-state index is 11.9. The second-order valence-electron chi connectivity index (χ2n) is 4.31. The molecule has 0 radical (unpaired) electrons. The van der Waals surface area contributed by atoms with Gasteiger partial charge in [0.2, 0.25) is 5.91 Å². The molecule has 0 aromatic heterocycles. The summed E-state index contributed by atoms with van der Waals surface area (Å²) in [5, 5.41) is 14.5. The van der Waals surface area contributed by atoms with Crippen molar-refractivity contribution in [3.05, 3.63) is 35.9 Å². The molecule has 20 heavy (non-hydrogen) atoms. The van der Waals surface area contributed by atoms with Gasteiger partial charge in [-0.2, -0.15) is 0 Å². The van der Waals surface area contributed by atoms with E-state index in [0.29, 0.717) is 5.56 Å². The highest BCUT2D eigenvalue weighted by Gasteiger charge is 2.46. The number of methoxy groups -OCH3 is 1. The molecule has 2 rings (SSSR count). The topological polar surface area (TPSA) is 105 Å². The summed E-state index contributed by atoms with van der Waals surface area (Å²) in [5.74, 6) is -1.89. The van der Waals surface area contributed by atoms with E-state index in [1.807, 2.05) is 0 Å². The molecule has 3 atom stereocenters. The fourth-order valence-electron chi connectivity index (χ4n) is 1.87. The van der Waals surface area contributed by atoms with Crippen LogP contribution in [0.3, 0.4) is 0 Å². The lowest BCUT2D eigenvalue weighted by molar-refractivity contribution is -0.154. The van der Waals surface area contributed by atoms with Gasteiger partial charge in [0.25, 0.3) is 5.91 Å². The first-order valence-corrected chi connectivity index (χ1v) is 5.96. The van der Waals surface area contributed by atoms with Gasteiger partial charge in [-0.15, -0.1) is 0 Å². The lowest BCUT2D eigenvalue weighted by Crippen LogP contribution is -2.72. The Hall–Kier alpha value is -2.41. The quantitative estimate of drug-likeness (QED) is 0.478. The molecule has 1 aromatic rings. The summed E-state index contributed by atoms with van der Waals surface area (Å²) < 4.78 is 4.49. The first kappa shape index (κ1) is 14.0. The smallest absolute Gasteiger partial charge is 0.331 e. The van der Waals surface area contributed by atoms with Crippen molar-refractivity contribution in [2.45, 2.75) is 18.2 Å². The molecule has 7 heteroatoms. The summed E-state index contributed by atoms with van der Waals surface area (Å²) in [5.41, 5.74) is 0.402. The summed E-state index contributed by atoms with van der Waals surface area (Å²) in [7, 11) is 1.19. The van der Waals surface area contributed by atoms with Crippen LogP contribution in [0.5, 0.6) is 0 Å². The van der Waals surface area contributed by atoms with Gasteiger partial charge in [0.05, 0.1) is 7.11 Å². The minimum absolute atomic E-state index is 0.402. The molecule has 0 aliphatic carbocycles. The number of rotatable bonds is 4. The van der Waals surface area contributed by atoms with Gasteiger partial charge in [0.1, 0.15) is 6.04 Å². The third kappa shape index (κ3) is 2.62. The van der Waals surface area contributed by atoms with Crippen molar-refractivity contribution >= 4 is 17.8 Å².